The first-order valence-electron chi connectivity index (χ1n) is 8.01. The molecule has 1 unspecified atom stereocenters. The van der Waals surface area contributed by atoms with Gasteiger partial charge in [-0.2, -0.15) is 5.10 Å². The van der Waals surface area contributed by atoms with Crippen molar-refractivity contribution in [2.45, 2.75) is 19.9 Å². The summed E-state index contributed by atoms with van der Waals surface area (Å²) in [6, 6.07) is 19.3. The van der Waals surface area contributed by atoms with Gasteiger partial charge in [-0.3, -0.25) is 9.48 Å². The van der Waals surface area contributed by atoms with Gasteiger partial charge in [-0.15, -0.1) is 0 Å². The molecule has 4 nitrogen and oxygen atoms in total. The quantitative estimate of drug-likeness (QED) is 0.726. The molecule has 1 atom stereocenters. The first-order valence-corrected chi connectivity index (χ1v) is 8.01. The van der Waals surface area contributed by atoms with Crippen LogP contribution >= 0.6 is 0 Å². The smallest absolute Gasteiger partial charge is 0.251 e. The van der Waals surface area contributed by atoms with E-state index < -0.39 is 0 Å². The zero-order valence-corrected chi connectivity index (χ0v) is 14.2. The van der Waals surface area contributed by atoms with Gasteiger partial charge < -0.3 is 4.90 Å². The van der Waals surface area contributed by atoms with Gasteiger partial charge in [-0.1, -0.05) is 48.5 Å². The largest absolute Gasteiger partial charge is 0.314 e. The lowest BCUT2D eigenvalue weighted by atomic mass is 10.1. The van der Waals surface area contributed by atoms with E-state index in [4.69, 9.17) is 0 Å². The van der Waals surface area contributed by atoms with Crippen LogP contribution in [-0.4, -0.2) is 22.7 Å². The predicted octanol–water partition coefficient (Wildman–Crippen LogP) is 4.08. The summed E-state index contributed by atoms with van der Waals surface area (Å²) in [5.74, 6) is 0.00307. The van der Waals surface area contributed by atoms with Crippen LogP contribution in [0.15, 0.2) is 66.9 Å². The second-order valence-corrected chi connectivity index (χ2v) is 5.92. The normalized spacial score (nSPS) is 12.0. The van der Waals surface area contributed by atoms with E-state index >= 15 is 0 Å². The van der Waals surface area contributed by atoms with E-state index in [1.54, 1.807) is 16.6 Å². The van der Waals surface area contributed by atoms with Gasteiger partial charge in [0.05, 0.1) is 5.69 Å². The minimum atomic E-state index is -0.369. The van der Waals surface area contributed by atoms with Crippen molar-refractivity contribution in [2.75, 3.05) is 11.9 Å². The molecule has 0 saturated carbocycles. The molecule has 1 heterocycles. The zero-order valence-electron chi connectivity index (χ0n) is 14.2. The summed E-state index contributed by atoms with van der Waals surface area (Å²) in [4.78, 5) is 14.4. The van der Waals surface area contributed by atoms with Gasteiger partial charge in [0.25, 0.3) is 5.91 Å². The Morgan fingerprint density at radius 1 is 1.04 bits per heavy atom. The molecule has 0 spiro atoms. The number of para-hydroxylation sites is 1. The molecular formula is C20H21N3O. The third-order valence-corrected chi connectivity index (χ3v) is 4.19. The van der Waals surface area contributed by atoms with E-state index in [0.717, 1.165) is 22.5 Å². The molecule has 24 heavy (non-hydrogen) atoms. The second kappa shape index (κ2) is 6.71. The molecule has 0 saturated heterocycles. The Morgan fingerprint density at radius 3 is 2.25 bits per heavy atom. The van der Waals surface area contributed by atoms with Crippen LogP contribution in [0.4, 0.5) is 5.69 Å². The topological polar surface area (TPSA) is 38.1 Å². The number of hydrogen-bond donors (Lipinski definition) is 0. The SMILES string of the molecule is Cc1cn(C(C)C(=O)N(C)c2ccccc2)nc1-c1ccccc1. The summed E-state index contributed by atoms with van der Waals surface area (Å²) in [5, 5.41) is 4.65. The first kappa shape index (κ1) is 16.0. The van der Waals surface area contributed by atoms with E-state index in [-0.39, 0.29) is 11.9 Å². The van der Waals surface area contributed by atoms with Crippen LogP contribution in [0.1, 0.15) is 18.5 Å². The van der Waals surface area contributed by atoms with Gasteiger partial charge in [-0.25, -0.2) is 0 Å². The van der Waals surface area contributed by atoms with Gasteiger partial charge >= 0.3 is 0 Å². The monoisotopic (exact) mass is 319 g/mol. The summed E-state index contributed by atoms with van der Waals surface area (Å²) in [6.45, 7) is 3.90. The van der Waals surface area contributed by atoms with Crippen LogP contribution in [0.3, 0.4) is 0 Å². The van der Waals surface area contributed by atoms with Crippen molar-refractivity contribution in [3.8, 4) is 11.3 Å². The Hall–Kier alpha value is -2.88. The van der Waals surface area contributed by atoms with Crippen LogP contribution in [0.2, 0.25) is 0 Å². The number of carbonyl (C=O) groups is 1. The molecule has 1 amide bonds. The summed E-state index contributed by atoms with van der Waals surface area (Å²) < 4.78 is 1.75. The highest BCUT2D eigenvalue weighted by molar-refractivity contribution is 5.95. The van der Waals surface area contributed by atoms with Crippen molar-refractivity contribution in [3.63, 3.8) is 0 Å². The van der Waals surface area contributed by atoms with Gasteiger partial charge in [-0.05, 0) is 31.5 Å². The Morgan fingerprint density at radius 2 is 1.62 bits per heavy atom. The molecule has 0 bridgehead atoms. The fourth-order valence-corrected chi connectivity index (χ4v) is 2.73. The maximum Gasteiger partial charge on any atom is 0.251 e. The van der Waals surface area contributed by atoms with Gasteiger partial charge in [0.1, 0.15) is 6.04 Å². The number of aryl methyl sites for hydroxylation is 1. The fourth-order valence-electron chi connectivity index (χ4n) is 2.73. The highest BCUT2D eigenvalue weighted by Crippen LogP contribution is 2.24. The predicted molar refractivity (Wildman–Crippen MR) is 97.0 cm³/mol. The summed E-state index contributed by atoms with van der Waals surface area (Å²) in [7, 11) is 1.79. The number of carbonyl (C=O) groups excluding carboxylic acids is 1. The molecule has 4 heteroatoms. The Kier molecular flexibility index (Phi) is 4.47. The van der Waals surface area contributed by atoms with Crippen LogP contribution in [0.25, 0.3) is 11.3 Å². The highest BCUT2D eigenvalue weighted by Gasteiger charge is 2.22. The number of aromatic nitrogens is 2. The van der Waals surface area contributed by atoms with Gasteiger partial charge in [0, 0.05) is 24.5 Å². The molecule has 122 valence electrons. The molecule has 0 fully saturated rings. The molecule has 0 N–H and O–H groups in total. The maximum absolute atomic E-state index is 12.8. The number of nitrogens with zero attached hydrogens (tertiary/aromatic N) is 3. The third kappa shape index (κ3) is 3.08. The molecule has 0 radical (unpaired) electrons. The highest BCUT2D eigenvalue weighted by atomic mass is 16.2. The molecule has 3 rings (SSSR count). The van der Waals surface area contributed by atoms with Crippen molar-refractivity contribution in [2.24, 2.45) is 0 Å². The van der Waals surface area contributed by atoms with E-state index in [1.165, 1.54) is 0 Å². The minimum Gasteiger partial charge on any atom is -0.314 e. The second-order valence-electron chi connectivity index (χ2n) is 5.92. The molecular weight excluding hydrogens is 298 g/mol. The maximum atomic E-state index is 12.8. The Balaban J connectivity index is 1.85. The molecule has 0 aliphatic carbocycles. The number of likely N-dealkylation sites (N-methyl/N-ethyl adjacent to an activating group) is 1. The lowest BCUT2D eigenvalue weighted by molar-refractivity contribution is -0.121. The molecule has 1 aromatic heterocycles. The number of anilines is 1. The standard InChI is InChI=1S/C20H21N3O/c1-15-14-23(21-19(15)17-10-6-4-7-11-17)16(2)20(24)22(3)18-12-8-5-9-13-18/h4-14,16H,1-3H3. The summed E-state index contributed by atoms with van der Waals surface area (Å²) in [5.41, 5.74) is 3.91. The van der Waals surface area contributed by atoms with Crippen molar-refractivity contribution < 1.29 is 4.79 Å². The lowest BCUT2D eigenvalue weighted by Gasteiger charge is -2.21. The number of benzene rings is 2. The lowest BCUT2D eigenvalue weighted by Crippen LogP contribution is -2.33. The minimum absolute atomic E-state index is 0.00307. The van der Waals surface area contributed by atoms with Crippen molar-refractivity contribution in [1.82, 2.24) is 9.78 Å². The third-order valence-electron chi connectivity index (χ3n) is 4.19. The zero-order chi connectivity index (χ0) is 17.1. The van der Waals surface area contributed by atoms with E-state index in [0.29, 0.717) is 0 Å². The van der Waals surface area contributed by atoms with Crippen LogP contribution in [0.5, 0.6) is 0 Å². The van der Waals surface area contributed by atoms with E-state index in [9.17, 15) is 4.79 Å². The molecule has 0 aliphatic heterocycles. The fraction of sp³-hybridized carbons (Fsp3) is 0.200. The van der Waals surface area contributed by atoms with Crippen LogP contribution in [-0.2, 0) is 4.79 Å². The number of hydrogen-bond acceptors (Lipinski definition) is 2. The Bertz CT molecular complexity index is 825. The van der Waals surface area contributed by atoms with Crippen molar-refractivity contribution in [3.05, 3.63) is 72.4 Å². The van der Waals surface area contributed by atoms with E-state index in [1.807, 2.05) is 80.7 Å². The van der Waals surface area contributed by atoms with Crippen molar-refractivity contribution >= 4 is 11.6 Å². The average Bonchev–Trinajstić information content (AvgIpc) is 3.03. The first-order chi connectivity index (χ1) is 11.6. The summed E-state index contributed by atoms with van der Waals surface area (Å²) >= 11 is 0. The van der Waals surface area contributed by atoms with E-state index in [2.05, 4.69) is 5.10 Å². The number of rotatable bonds is 4. The average molecular weight is 319 g/mol. The Labute approximate surface area is 142 Å². The number of amides is 1. The van der Waals surface area contributed by atoms with Crippen LogP contribution < -0.4 is 4.90 Å². The van der Waals surface area contributed by atoms with Gasteiger partial charge in [0.15, 0.2) is 0 Å². The van der Waals surface area contributed by atoms with Gasteiger partial charge in [0.2, 0.25) is 0 Å². The summed E-state index contributed by atoms with van der Waals surface area (Å²) in [6.07, 6.45) is 1.93. The molecule has 0 aliphatic rings. The molecule has 3 aromatic rings. The van der Waals surface area contributed by atoms with Crippen molar-refractivity contribution in [1.29, 1.82) is 0 Å². The van der Waals surface area contributed by atoms with Crippen LogP contribution in [0, 0.1) is 6.92 Å². The molecule has 2 aromatic carbocycles.